The summed E-state index contributed by atoms with van der Waals surface area (Å²) >= 11 is 0. The van der Waals surface area contributed by atoms with Crippen LogP contribution in [-0.4, -0.2) is 16.1 Å². The highest BCUT2D eigenvalue weighted by molar-refractivity contribution is 5.28. The van der Waals surface area contributed by atoms with Gasteiger partial charge in [-0.15, -0.1) is 0 Å². The molecule has 0 radical (unpaired) electrons. The van der Waals surface area contributed by atoms with E-state index in [0.29, 0.717) is 24.4 Å². The summed E-state index contributed by atoms with van der Waals surface area (Å²) in [5.41, 5.74) is 6.58. The number of nitrogen functional groups attached to an aromatic ring is 1. The Bertz CT molecular complexity index is 361. The van der Waals surface area contributed by atoms with Crippen LogP contribution in [0.4, 0.5) is 5.82 Å². The lowest BCUT2D eigenvalue weighted by atomic mass is 9.89. The largest absolute Gasteiger partial charge is 0.384 e. The minimum Gasteiger partial charge on any atom is -0.384 e. The number of nitrogens with two attached hydrogens (primary N) is 1. The maximum absolute atomic E-state index is 5.87. The van der Waals surface area contributed by atoms with E-state index in [2.05, 4.69) is 16.9 Å². The fourth-order valence-corrected chi connectivity index (χ4v) is 2.44. The van der Waals surface area contributed by atoms with Gasteiger partial charge in [-0.3, -0.25) is 0 Å². The summed E-state index contributed by atoms with van der Waals surface area (Å²) < 4.78 is 5.87. The zero-order valence-corrected chi connectivity index (χ0v) is 10.6. The van der Waals surface area contributed by atoms with Gasteiger partial charge >= 0.3 is 0 Å². The third-order valence-corrected chi connectivity index (χ3v) is 3.26. The van der Waals surface area contributed by atoms with Crippen LogP contribution in [0.1, 0.15) is 44.1 Å². The Balaban J connectivity index is 1.88. The molecule has 2 unspecified atom stereocenters. The van der Waals surface area contributed by atoms with Gasteiger partial charge in [0.1, 0.15) is 12.4 Å². The fourth-order valence-electron chi connectivity index (χ4n) is 2.44. The molecule has 1 aliphatic rings. The third kappa shape index (κ3) is 3.66. The predicted molar refractivity (Wildman–Crippen MR) is 67.4 cm³/mol. The monoisotopic (exact) mass is 235 g/mol. The first-order valence-electron chi connectivity index (χ1n) is 6.35. The highest BCUT2D eigenvalue weighted by Crippen LogP contribution is 2.26. The molecule has 0 aliphatic heterocycles. The standard InChI is InChI=1S/C13H21N3O/c1-9-4-3-5-11(6-9)17-8-13-15-10(2)7-12(14)16-13/h7,9,11H,3-6,8H2,1-2H3,(H2,14,15,16). The Labute approximate surface area is 103 Å². The molecule has 0 amide bonds. The van der Waals surface area contributed by atoms with Crippen molar-refractivity contribution in [2.24, 2.45) is 5.92 Å². The Morgan fingerprint density at radius 2 is 2.24 bits per heavy atom. The number of anilines is 1. The maximum atomic E-state index is 5.87. The molecule has 1 heterocycles. The lowest BCUT2D eigenvalue weighted by molar-refractivity contribution is 0.00161. The number of rotatable bonds is 3. The minimum absolute atomic E-state index is 0.365. The zero-order chi connectivity index (χ0) is 12.3. The van der Waals surface area contributed by atoms with E-state index in [1.54, 1.807) is 6.07 Å². The molecule has 2 atom stereocenters. The molecule has 2 rings (SSSR count). The third-order valence-electron chi connectivity index (χ3n) is 3.26. The maximum Gasteiger partial charge on any atom is 0.156 e. The first-order valence-corrected chi connectivity index (χ1v) is 6.35. The van der Waals surface area contributed by atoms with Crippen LogP contribution in [-0.2, 0) is 11.3 Å². The summed E-state index contributed by atoms with van der Waals surface area (Å²) in [6, 6.07) is 1.77. The number of nitrogens with zero attached hydrogens (tertiary/aromatic N) is 2. The molecule has 0 aromatic carbocycles. The predicted octanol–water partition coefficient (Wildman–Crippen LogP) is 2.46. The second-order valence-electron chi connectivity index (χ2n) is 5.06. The van der Waals surface area contributed by atoms with Crippen LogP contribution < -0.4 is 5.73 Å². The van der Waals surface area contributed by atoms with Gasteiger partial charge in [0, 0.05) is 11.8 Å². The van der Waals surface area contributed by atoms with Gasteiger partial charge in [-0.1, -0.05) is 19.8 Å². The highest BCUT2D eigenvalue weighted by atomic mass is 16.5. The molecule has 17 heavy (non-hydrogen) atoms. The Hall–Kier alpha value is -1.16. The van der Waals surface area contributed by atoms with Crippen LogP contribution in [0.3, 0.4) is 0 Å². The van der Waals surface area contributed by atoms with E-state index in [1.807, 2.05) is 6.92 Å². The van der Waals surface area contributed by atoms with Crippen molar-refractivity contribution in [2.45, 2.75) is 52.2 Å². The average molecular weight is 235 g/mol. The lowest BCUT2D eigenvalue weighted by Crippen LogP contribution is -2.21. The molecule has 1 aromatic rings. The lowest BCUT2D eigenvalue weighted by Gasteiger charge is -2.26. The van der Waals surface area contributed by atoms with Gasteiger partial charge < -0.3 is 10.5 Å². The molecule has 0 spiro atoms. The number of hydrogen-bond donors (Lipinski definition) is 1. The summed E-state index contributed by atoms with van der Waals surface area (Å²) in [4.78, 5) is 8.50. The van der Waals surface area contributed by atoms with Crippen LogP contribution in [0.5, 0.6) is 0 Å². The molecule has 1 aromatic heterocycles. The van der Waals surface area contributed by atoms with Crippen molar-refractivity contribution >= 4 is 5.82 Å². The van der Waals surface area contributed by atoms with E-state index in [-0.39, 0.29) is 0 Å². The highest BCUT2D eigenvalue weighted by Gasteiger charge is 2.19. The Morgan fingerprint density at radius 3 is 2.94 bits per heavy atom. The Morgan fingerprint density at radius 1 is 1.41 bits per heavy atom. The average Bonchev–Trinajstić information content (AvgIpc) is 2.25. The van der Waals surface area contributed by atoms with E-state index in [0.717, 1.165) is 24.5 Å². The minimum atomic E-state index is 0.365. The van der Waals surface area contributed by atoms with Crippen molar-refractivity contribution in [1.29, 1.82) is 0 Å². The van der Waals surface area contributed by atoms with Crippen LogP contribution in [0.25, 0.3) is 0 Å². The summed E-state index contributed by atoms with van der Waals surface area (Å²) in [7, 11) is 0. The molecule has 1 saturated carbocycles. The fraction of sp³-hybridized carbons (Fsp3) is 0.692. The summed E-state index contributed by atoms with van der Waals surface area (Å²) in [5.74, 6) is 1.99. The Kier molecular flexibility index (Phi) is 3.94. The van der Waals surface area contributed by atoms with Gasteiger partial charge in [-0.25, -0.2) is 9.97 Å². The molecule has 0 bridgehead atoms. The van der Waals surface area contributed by atoms with Crippen molar-refractivity contribution < 1.29 is 4.74 Å². The van der Waals surface area contributed by atoms with E-state index in [1.165, 1.54) is 12.8 Å². The molecular formula is C13H21N3O. The summed E-state index contributed by atoms with van der Waals surface area (Å²) in [5, 5.41) is 0. The van der Waals surface area contributed by atoms with Crippen molar-refractivity contribution in [3.63, 3.8) is 0 Å². The quantitative estimate of drug-likeness (QED) is 0.874. The zero-order valence-electron chi connectivity index (χ0n) is 10.6. The van der Waals surface area contributed by atoms with Crippen molar-refractivity contribution in [3.05, 3.63) is 17.6 Å². The number of aryl methyl sites for hydroxylation is 1. The van der Waals surface area contributed by atoms with Crippen LogP contribution in [0, 0.1) is 12.8 Å². The second kappa shape index (κ2) is 5.45. The van der Waals surface area contributed by atoms with Crippen molar-refractivity contribution in [2.75, 3.05) is 5.73 Å². The molecule has 94 valence electrons. The SMILES string of the molecule is Cc1cc(N)nc(COC2CCCC(C)C2)n1. The van der Waals surface area contributed by atoms with Gasteiger partial charge in [0.15, 0.2) is 5.82 Å². The normalized spacial score (nSPS) is 24.8. The van der Waals surface area contributed by atoms with Crippen LogP contribution in [0.2, 0.25) is 0 Å². The topological polar surface area (TPSA) is 61.0 Å². The first kappa shape index (κ1) is 12.3. The molecule has 1 aliphatic carbocycles. The number of aromatic nitrogens is 2. The van der Waals surface area contributed by atoms with Gasteiger partial charge in [0.25, 0.3) is 0 Å². The first-order chi connectivity index (χ1) is 8.13. The summed E-state index contributed by atoms with van der Waals surface area (Å²) in [6.45, 7) is 4.68. The van der Waals surface area contributed by atoms with E-state index in [4.69, 9.17) is 10.5 Å². The van der Waals surface area contributed by atoms with Crippen LogP contribution in [0.15, 0.2) is 6.07 Å². The molecule has 4 heteroatoms. The van der Waals surface area contributed by atoms with E-state index < -0.39 is 0 Å². The summed E-state index contributed by atoms with van der Waals surface area (Å²) in [6.07, 6.45) is 5.27. The van der Waals surface area contributed by atoms with Gasteiger partial charge in [-0.05, 0) is 25.7 Å². The smallest absolute Gasteiger partial charge is 0.156 e. The van der Waals surface area contributed by atoms with E-state index in [9.17, 15) is 0 Å². The van der Waals surface area contributed by atoms with Gasteiger partial charge in [0.2, 0.25) is 0 Å². The molecule has 1 fully saturated rings. The van der Waals surface area contributed by atoms with Gasteiger partial charge in [0.05, 0.1) is 6.10 Å². The van der Waals surface area contributed by atoms with Crippen molar-refractivity contribution in [1.82, 2.24) is 9.97 Å². The molecular weight excluding hydrogens is 214 g/mol. The van der Waals surface area contributed by atoms with Crippen LogP contribution >= 0.6 is 0 Å². The molecule has 0 saturated heterocycles. The number of hydrogen-bond acceptors (Lipinski definition) is 4. The number of ether oxygens (including phenoxy) is 1. The molecule has 2 N–H and O–H groups in total. The molecule has 4 nitrogen and oxygen atoms in total. The second-order valence-corrected chi connectivity index (χ2v) is 5.06. The van der Waals surface area contributed by atoms with Crippen molar-refractivity contribution in [3.8, 4) is 0 Å². The van der Waals surface area contributed by atoms with E-state index >= 15 is 0 Å². The van der Waals surface area contributed by atoms with Gasteiger partial charge in [-0.2, -0.15) is 0 Å².